The van der Waals surface area contributed by atoms with Crippen molar-refractivity contribution in [3.05, 3.63) is 0 Å². The van der Waals surface area contributed by atoms with Crippen LogP contribution in [0, 0.1) is 0 Å². The highest BCUT2D eigenvalue weighted by Gasteiger charge is 1.86. The first-order valence-corrected chi connectivity index (χ1v) is 8.14. The molecule has 0 aromatic heterocycles. The zero-order valence-electron chi connectivity index (χ0n) is 10.3. The van der Waals surface area contributed by atoms with Crippen LogP contribution in [0.2, 0.25) is 0 Å². The minimum Gasteiger partial charge on any atom is -0.396 e. The van der Waals surface area contributed by atoms with E-state index in [1.165, 1.54) is 0 Å². The summed E-state index contributed by atoms with van der Waals surface area (Å²) in [7, 11) is -8.33. The molecule has 0 aliphatic carbocycles. The fraction of sp³-hybridized carbons (Fsp3) is 1.00. The van der Waals surface area contributed by atoms with Gasteiger partial charge < -0.3 is 10.2 Å². The molecule has 0 bridgehead atoms. The predicted molar refractivity (Wildman–Crippen MR) is 68.7 cm³/mol. The fourth-order valence-corrected chi connectivity index (χ4v) is 0.754. The standard InChI is InChI=1S/C7H16O2.2H3NO3S/c8-6-4-2-1-3-5-7-9;2*1-5(2,3)4/h8-9H,1-7H2;2*(H3,1,2,3,4). The van der Waals surface area contributed by atoms with Gasteiger partial charge in [0.1, 0.15) is 0 Å². The first-order chi connectivity index (χ1) is 8.41. The van der Waals surface area contributed by atoms with E-state index in [-0.39, 0.29) is 0 Å². The lowest BCUT2D eigenvalue weighted by Gasteiger charge is -1.95. The van der Waals surface area contributed by atoms with Gasteiger partial charge in [-0.3, -0.25) is 9.11 Å². The number of rotatable bonds is 6. The number of aliphatic hydroxyl groups is 2. The van der Waals surface area contributed by atoms with Gasteiger partial charge in [-0.15, -0.1) is 0 Å². The second-order valence-corrected chi connectivity index (χ2v) is 5.30. The molecule has 0 aliphatic rings. The minimum absolute atomic E-state index is 0.305. The van der Waals surface area contributed by atoms with Crippen LogP contribution in [0.3, 0.4) is 0 Å². The molecule has 0 aromatic carbocycles. The van der Waals surface area contributed by atoms with Crippen LogP contribution in [-0.2, 0) is 20.6 Å². The van der Waals surface area contributed by atoms with E-state index in [0.29, 0.717) is 13.2 Å². The van der Waals surface area contributed by atoms with Crippen molar-refractivity contribution in [3.63, 3.8) is 0 Å². The van der Waals surface area contributed by atoms with Crippen LogP contribution >= 0.6 is 0 Å². The maximum absolute atomic E-state index is 8.97. The first-order valence-electron chi connectivity index (χ1n) is 5.14. The Kier molecular flexibility index (Phi) is 17.6. The molecule has 0 radical (unpaired) electrons. The van der Waals surface area contributed by atoms with Crippen LogP contribution in [0.15, 0.2) is 0 Å². The number of nitrogens with two attached hydrogens (primary N) is 2. The molecule has 12 heteroatoms. The van der Waals surface area contributed by atoms with Gasteiger partial charge in [0.15, 0.2) is 0 Å². The summed E-state index contributed by atoms with van der Waals surface area (Å²) >= 11 is 0. The average molecular weight is 326 g/mol. The van der Waals surface area contributed by atoms with Crippen molar-refractivity contribution in [1.29, 1.82) is 0 Å². The zero-order chi connectivity index (χ0) is 15.9. The second kappa shape index (κ2) is 14.1. The molecule has 0 fully saturated rings. The van der Waals surface area contributed by atoms with E-state index in [2.05, 4.69) is 10.3 Å². The zero-order valence-corrected chi connectivity index (χ0v) is 12.0. The Labute approximate surface area is 113 Å². The van der Waals surface area contributed by atoms with E-state index in [0.717, 1.165) is 32.1 Å². The molecule has 0 heterocycles. The molecular weight excluding hydrogens is 304 g/mol. The molecule has 10 nitrogen and oxygen atoms in total. The molecule has 0 saturated heterocycles. The van der Waals surface area contributed by atoms with Crippen molar-refractivity contribution in [3.8, 4) is 0 Å². The molecule has 0 rings (SSSR count). The number of aliphatic hydroxyl groups excluding tert-OH is 2. The van der Waals surface area contributed by atoms with E-state index < -0.39 is 20.6 Å². The van der Waals surface area contributed by atoms with Crippen LogP contribution in [-0.4, -0.2) is 49.4 Å². The normalized spacial score (nSPS) is 10.8. The third-order valence-corrected chi connectivity index (χ3v) is 1.32. The largest absolute Gasteiger partial charge is 0.396 e. The quantitative estimate of drug-likeness (QED) is 0.248. The highest BCUT2D eigenvalue weighted by molar-refractivity contribution is 7.83. The Balaban J connectivity index is -0.000000219. The number of hydrogen-bond donors (Lipinski definition) is 6. The molecule has 0 spiro atoms. The van der Waals surface area contributed by atoms with Crippen molar-refractivity contribution < 1.29 is 36.2 Å². The molecule has 8 N–H and O–H groups in total. The molecule has 0 saturated carbocycles. The van der Waals surface area contributed by atoms with Crippen LogP contribution < -0.4 is 10.3 Å². The minimum atomic E-state index is -4.17. The SMILES string of the molecule is NS(=O)(=O)O.NS(=O)(=O)O.OCCCCCCCO. The molecule has 0 amide bonds. The van der Waals surface area contributed by atoms with E-state index in [9.17, 15) is 0 Å². The molecule has 0 aromatic rings. The van der Waals surface area contributed by atoms with Gasteiger partial charge in [-0.25, -0.2) is 10.3 Å². The number of hydrogen-bond acceptors (Lipinski definition) is 6. The maximum Gasteiger partial charge on any atom is 0.330 e. The van der Waals surface area contributed by atoms with Crippen LogP contribution in [0.4, 0.5) is 0 Å². The molecule has 0 aliphatic heterocycles. The third kappa shape index (κ3) is 135. The van der Waals surface area contributed by atoms with Gasteiger partial charge in [-0.1, -0.05) is 19.3 Å². The first kappa shape index (κ1) is 23.7. The third-order valence-electron chi connectivity index (χ3n) is 1.32. The average Bonchev–Trinajstić information content (AvgIpc) is 2.12. The smallest absolute Gasteiger partial charge is 0.330 e. The number of unbranched alkanes of at least 4 members (excludes halogenated alkanes) is 4. The van der Waals surface area contributed by atoms with Crippen LogP contribution in [0.1, 0.15) is 32.1 Å². The van der Waals surface area contributed by atoms with E-state index in [1.54, 1.807) is 0 Å². The summed E-state index contributed by atoms with van der Waals surface area (Å²) in [6.07, 6.45) is 5.14. The van der Waals surface area contributed by atoms with Gasteiger partial charge in [-0.05, 0) is 12.8 Å². The highest BCUT2D eigenvalue weighted by atomic mass is 32.2. The van der Waals surface area contributed by atoms with E-state index >= 15 is 0 Å². The molecular formula is C7H22N2O8S2. The Morgan fingerprint density at radius 2 is 0.789 bits per heavy atom. The molecule has 120 valence electrons. The van der Waals surface area contributed by atoms with Crippen molar-refractivity contribution in [1.82, 2.24) is 0 Å². The summed E-state index contributed by atoms with van der Waals surface area (Å²) < 4.78 is 50.4. The Bertz CT molecular complexity index is 315. The van der Waals surface area contributed by atoms with Gasteiger partial charge in [0.25, 0.3) is 0 Å². The fourth-order valence-electron chi connectivity index (χ4n) is 0.754. The summed E-state index contributed by atoms with van der Waals surface area (Å²) in [5, 5.41) is 24.5. The molecule has 0 atom stereocenters. The van der Waals surface area contributed by atoms with Gasteiger partial charge in [-0.2, -0.15) is 16.8 Å². The van der Waals surface area contributed by atoms with Crippen molar-refractivity contribution in [2.24, 2.45) is 10.3 Å². The predicted octanol–water partition coefficient (Wildman–Crippen LogP) is -1.58. The van der Waals surface area contributed by atoms with Gasteiger partial charge in [0, 0.05) is 13.2 Å². The van der Waals surface area contributed by atoms with E-state index in [1.807, 2.05) is 0 Å². The summed E-state index contributed by atoms with van der Waals surface area (Å²) in [5.74, 6) is 0. The second-order valence-electron chi connectivity index (χ2n) is 3.24. The van der Waals surface area contributed by atoms with Crippen LogP contribution in [0.25, 0.3) is 0 Å². The maximum atomic E-state index is 8.97. The Morgan fingerprint density at radius 3 is 0.947 bits per heavy atom. The highest BCUT2D eigenvalue weighted by Crippen LogP contribution is 2.00. The van der Waals surface area contributed by atoms with Gasteiger partial charge >= 0.3 is 20.6 Å². The lowest BCUT2D eigenvalue weighted by Crippen LogP contribution is -2.08. The van der Waals surface area contributed by atoms with Crippen molar-refractivity contribution in [2.45, 2.75) is 32.1 Å². The lowest BCUT2D eigenvalue weighted by molar-refractivity contribution is 0.272. The summed E-state index contributed by atoms with van der Waals surface area (Å²) in [6, 6.07) is 0. The van der Waals surface area contributed by atoms with Gasteiger partial charge in [0.05, 0.1) is 0 Å². The van der Waals surface area contributed by atoms with E-state index in [4.69, 9.17) is 36.2 Å². The molecule has 0 unspecified atom stereocenters. The molecule has 19 heavy (non-hydrogen) atoms. The van der Waals surface area contributed by atoms with Crippen LogP contribution in [0.5, 0.6) is 0 Å². The topological polar surface area (TPSA) is 201 Å². The Hall–Kier alpha value is -0.340. The Morgan fingerprint density at radius 1 is 0.632 bits per heavy atom. The summed E-state index contributed by atoms with van der Waals surface area (Å²) in [4.78, 5) is 0. The van der Waals surface area contributed by atoms with Crippen molar-refractivity contribution >= 4 is 20.6 Å². The summed E-state index contributed by atoms with van der Waals surface area (Å²) in [5.41, 5.74) is 0. The van der Waals surface area contributed by atoms with Crippen molar-refractivity contribution in [2.75, 3.05) is 13.2 Å². The monoisotopic (exact) mass is 326 g/mol. The lowest BCUT2D eigenvalue weighted by atomic mass is 10.2. The van der Waals surface area contributed by atoms with Gasteiger partial charge in [0.2, 0.25) is 0 Å². The summed E-state index contributed by atoms with van der Waals surface area (Å²) in [6.45, 7) is 0.609.